The van der Waals surface area contributed by atoms with Crippen LogP contribution in [-0.2, 0) is 10.5 Å². The Hall–Kier alpha value is -3.46. The van der Waals surface area contributed by atoms with Gasteiger partial charge in [0.25, 0.3) is 0 Å². The second-order valence-corrected chi connectivity index (χ2v) is 7.24. The van der Waals surface area contributed by atoms with E-state index in [-0.39, 0.29) is 0 Å². The van der Waals surface area contributed by atoms with Crippen LogP contribution in [0.5, 0.6) is 0 Å². The third kappa shape index (κ3) is 3.84. The third-order valence-electron chi connectivity index (χ3n) is 4.36. The number of methoxy groups -OCH3 is 1. The van der Waals surface area contributed by atoms with Crippen molar-refractivity contribution in [2.45, 2.75) is 17.8 Å². The standard InChI is InChI=1S/C21H17FN4O3S/c1-13-16(20(27)28-2)10-15(29-13)12-30-21-25-24-19(14-6-5-9-23-11-14)26(21)18-8-4-3-7-17(18)22/h3-11H,12H2,1-2H3. The Morgan fingerprint density at radius 1 is 1.23 bits per heavy atom. The van der Waals surface area contributed by atoms with E-state index < -0.39 is 11.8 Å². The average Bonchev–Trinajstić information content (AvgIpc) is 3.36. The summed E-state index contributed by atoms with van der Waals surface area (Å²) in [6.07, 6.45) is 3.30. The molecule has 152 valence electrons. The predicted octanol–water partition coefficient (Wildman–Crippen LogP) is 4.45. The van der Waals surface area contributed by atoms with E-state index in [0.717, 1.165) is 0 Å². The molecule has 0 bridgehead atoms. The number of aromatic nitrogens is 4. The van der Waals surface area contributed by atoms with Crippen molar-refractivity contribution in [3.63, 3.8) is 0 Å². The van der Waals surface area contributed by atoms with Crippen LogP contribution in [0.4, 0.5) is 4.39 Å². The maximum Gasteiger partial charge on any atom is 0.341 e. The second kappa shape index (κ2) is 8.50. The minimum Gasteiger partial charge on any atom is -0.465 e. The zero-order chi connectivity index (χ0) is 21.1. The molecule has 3 aromatic heterocycles. The number of carbonyl (C=O) groups excluding carboxylic acids is 1. The molecule has 4 rings (SSSR count). The molecular formula is C21H17FN4O3S. The number of para-hydroxylation sites is 1. The van der Waals surface area contributed by atoms with Crippen molar-refractivity contribution in [3.05, 3.63) is 77.8 Å². The molecule has 0 aliphatic carbocycles. The van der Waals surface area contributed by atoms with Gasteiger partial charge in [0.05, 0.1) is 18.6 Å². The largest absolute Gasteiger partial charge is 0.465 e. The summed E-state index contributed by atoms with van der Waals surface area (Å²) in [6.45, 7) is 1.70. The van der Waals surface area contributed by atoms with Crippen molar-refractivity contribution in [3.8, 4) is 17.1 Å². The van der Waals surface area contributed by atoms with Crippen LogP contribution in [0, 0.1) is 12.7 Å². The number of esters is 1. The summed E-state index contributed by atoms with van der Waals surface area (Å²) in [7, 11) is 1.32. The fourth-order valence-electron chi connectivity index (χ4n) is 2.96. The Morgan fingerprint density at radius 2 is 2.07 bits per heavy atom. The Morgan fingerprint density at radius 3 is 2.80 bits per heavy atom. The fourth-order valence-corrected chi connectivity index (χ4v) is 3.78. The van der Waals surface area contributed by atoms with E-state index in [0.29, 0.717) is 45.1 Å². The van der Waals surface area contributed by atoms with Gasteiger partial charge in [0.15, 0.2) is 11.0 Å². The smallest absolute Gasteiger partial charge is 0.341 e. The Balaban J connectivity index is 1.70. The Kier molecular flexibility index (Phi) is 5.62. The topological polar surface area (TPSA) is 83.0 Å². The van der Waals surface area contributed by atoms with Crippen LogP contribution in [0.1, 0.15) is 21.9 Å². The van der Waals surface area contributed by atoms with Gasteiger partial charge in [0.2, 0.25) is 0 Å². The number of thioether (sulfide) groups is 1. The highest BCUT2D eigenvalue weighted by Gasteiger charge is 2.20. The van der Waals surface area contributed by atoms with E-state index in [9.17, 15) is 9.18 Å². The van der Waals surface area contributed by atoms with Gasteiger partial charge in [-0.05, 0) is 37.3 Å². The van der Waals surface area contributed by atoms with Crippen molar-refractivity contribution >= 4 is 17.7 Å². The molecule has 9 heteroatoms. The lowest BCUT2D eigenvalue weighted by Gasteiger charge is -2.10. The Labute approximate surface area is 175 Å². The summed E-state index contributed by atoms with van der Waals surface area (Å²) in [6, 6.07) is 11.7. The monoisotopic (exact) mass is 424 g/mol. The van der Waals surface area contributed by atoms with Crippen molar-refractivity contribution < 1.29 is 18.3 Å². The summed E-state index contributed by atoms with van der Waals surface area (Å²) < 4.78 is 26.7. The van der Waals surface area contributed by atoms with Crippen LogP contribution in [-0.4, -0.2) is 32.8 Å². The molecule has 0 fully saturated rings. The van der Waals surface area contributed by atoms with Crippen LogP contribution in [0.3, 0.4) is 0 Å². The molecule has 0 atom stereocenters. The number of hydrogen-bond acceptors (Lipinski definition) is 7. The highest BCUT2D eigenvalue weighted by molar-refractivity contribution is 7.98. The van der Waals surface area contributed by atoms with E-state index in [1.165, 1.54) is 24.9 Å². The number of furan rings is 1. The van der Waals surface area contributed by atoms with E-state index in [1.807, 2.05) is 6.07 Å². The van der Waals surface area contributed by atoms with Gasteiger partial charge in [-0.2, -0.15) is 0 Å². The zero-order valence-electron chi connectivity index (χ0n) is 16.2. The molecule has 7 nitrogen and oxygen atoms in total. The third-order valence-corrected chi connectivity index (χ3v) is 5.32. The van der Waals surface area contributed by atoms with Crippen LogP contribution in [0.25, 0.3) is 17.1 Å². The highest BCUT2D eigenvalue weighted by atomic mass is 32.2. The van der Waals surface area contributed by atoms with Crippen molar-refractivity contribution in [1.29, 1.82) is 0 Å². The lowest BCUT2D eigenvalue weighted by molar-refractivity contribution is 0.0599. The van der Waals surface area contributed by atoms with Gasteiger partial charge in [-0.3, -0.25) is 9.55 Å². The summed E-state index contributed by atoms with van der Waals surface area (Å²) in [5, 5.41) is 8.99. The van der Waals surface area contributed by atoms with Crippen molar-refractivity contribution in [1.82, 2.24) is 19.7 Å². The first-order chi connectivity index (χ1) is 14.6. The van der Waals surface area contributed by atoms with E-state index >= 15 is 0 Å². The summed E-state index contributed by atoms with van der Waals surface area (Å²) in [5.74, 6) is 1.04. The van der Waals surface area contributed by atoms with E-state index in [4.69, 9.17) is 9.15 Å². The molecule has 0 unspecified atom stereocenters. The van der Waals surface area contributed by atoms with Crippen LogP contribution in [0.2, 0.25) is 0 Å². The Bertz CT molecular complexity index is 1190. The molecule has 0 saturated carbocycles. The SMILES string of the molecule is COC(=O)c1cc(CSc2nnc(-c3cccnc3)n2-c2ccccc2F)oc1C. The molecule has 0 radical (unpaired) electrons. The highest BCUT2D eigenvalue weighted by Crippen LogP contribution is 2.31. The quantitative estimate of drug-likeness (QED) is 0.334. The number of benzene rings is 1. The molecular weight excluding hydrogens is 407 g/mol. The van der Waals surface area contributed by atoms with Crippen LogP contribution in [0.15, 0.2) is 64.4 Å². The van der Waals surface area contributed by atoms with Gasteiger partial charge in [-0.1, -0.05) is 23.9 Å². The number of ether oxygens (including phenoxy) is 1. The van der Waals surface area contributed by atoms with Crippen molar-refractivity contribution in [2.75, 3.05) is 7.11 Å². The van der Waals surface area contributed by atoms with E-state index in [2.05, 4.69) is 15.2 Å². The van der Waals surface area contributed by atoms with Gasteiger partial charge in [0.1, 0.15) is 22.9 Å². The van der Waals surface area contributed by atoms with Crippen LogP contribution >= 0.6 is 11.8 Å². The molecule has 0 aliphatic rings. The fraction of sp³-hybridized carbons (Fsp3) is 0.143. The van der Waals surface area contributed by atoms with Gasteiger partial charge in [-0.25, -0.2) is 9.18 Å². The molecule has 0 N–H and O–H groups in total. The van der Waals surface area contributed by atoms with Crippen molar-refractivity contribution in [2.24, 2.45) is 0 Å². The number of aryl methyl sites for hydroxylation is 1. The maximum absolute atomic E-state index is 14.6. The first kappa shape index (κ1) is 19.8. The van der Waals surface area contributed by atoms with Gasteiger partial charge in [0, 0.05) is 18.0 Å². The summed E-state index contributed by atoms with van der Waals surface area (Å²) in [4.78, 5) is 15.9. The van der Waals surface area contributed by atoms with Gasteiger partial charge in [-0.15, -0.1) is 10.2 Å². The zero-order valence-corrected chi connectivity index (χ0v) is 17.0. The molecule has 1 aromatic carbocycles. The summed E-state index contributed by atoms with van der Waals surface area (Å²) in [5.41, 5.74) is 1.41. The minimum atomic E-state index is -0.458. The van der Waals surface area contributed by atoms with E-state index in [1.54, 1.807) is 54.2 Å². The average molecular weight is 424 g/mol. The van der Waals surface area contributed by atoms with Crippen LogP contribution < -0.4 is 0 Å². The molecule has 0 saturated heterocycles. The lowest BCUT2D eigenvalue weighted by Crippen LogP contribution is -2.02. The normalized spacial score (nSPS) is 10.9. The van der Waals surface area contributed by atoms with Gasteiger partial charge >= 0.3 is 5.97 Å². The molecule has 0 amide bonds. The lowest BCUT2D eigenvalue weighted by atomic mass is 10.2. The molecule has 3 heterocycles. The number of pyridine rings is 1. The minimum absolute atomic E-state index is 0.328. The molecule has 0 spiro atoms. The number of hydrogen-bond donors (Lipinski definition) is 0. The molecule has 30 heavy (non-hydrogen) atoms. The number of nitrogens with zero attached hydrogens (tertiary/aromatic N) is 4. The first-order valence-electron chi connectivity index (χ1n) is 8.99. The first-order valence-corrected chi connectivity index (χ1v) is 9.98. The summed E-state index contributed by atoms with van der Waals surface area (Å²) >= 11 is 1.32. The van der Waals surface area contributed by atoms with Gasteiger partial charge < -0.3 is 9.15 Å². The molecule has 0 aliphatic heterocycles. The number of rotatable bonds is 6. The maximum atomic E-state index is 14.6. The molecule has 4 aromatic rings. The predicted molar refractivity (Wildman–Crippen MR) is 109 cm³/mol. The second-order valence-electron chi connectivity index (χ2n) is 6.30. The number of halogens is 1. The number of carbonyl (C=O) groups is 1.